The summed E-state index contributed by atoms with van der Waals surface area (Å²) in [6.45, 7) is 2.78. The Morgan fingerprint density at radius 3 is 2.71 bits per heavy atom. The monoisotopic (exact) mass is 287 g/mol. The van der Waals surface area contributed by atoms with Gasteiger partial charge >= 0.3 is 0 Å². The van der Waals surface area contributed by atoms with Gasteiger partial charge in [0.2, 0.25) is 0 Å². The van der Waals surface area contributed by atoms with E-state index in [4.69, 9.17) is 10.2 Å². The van der Waals surface area contributed by atoms with Crippen LogP contribution in [0, 0.1) is 11.3 Å². The predicted molar refractivity (Wildman–Crippen MR) is 84.9 cm³/mol. The molecule has 0 aliphatic heterocycles. The van der Waals surface area contributed by atoms with E-state index in [0.29, 0.717) is 6.54 Å². The molecule has 0 saturated heterocycles. The molecule has 3 N–H and O–H groups in total. The minimum Gasteiger partial charge on any atom is -0.464 e. The molecule has 1 aromatic carbocycles. The number of furan rings is 1. The molecule has 0 bridgehead atoms. The van der Waals surface area contributed by atoms with Crippen molar-refractivity contribution in [3.63, 3.8) is 0 Å². The van der Waals surface area contributed by atoms with Gasteiger partial charge in [-0.3, -0.25) is 0 Å². The molecular weight excluding hydrogens is 262 g/mol. The van der Waals surface area contributed by atoms with Crippen molar-refractivity contribution in [3.8, 4) is 0 Å². The zero-order valence-corrected chi connectivity index (χ0v) is 12.7. The Hall–Kier alpha value is -1.32. The number of benzene rings is 1. The smallest absolute Gasteiger partial charge is 0.134 e. The summed E-state index contributed by atoms with van der Waals surface area (Å²) in [7, 11) is 0. The van der Waals surface area contributed by atoms with Gasteiger partial charge in [0.05, 0.1) is 12.4 Å². The lowest BCUT2D eigenvalue weighted by Gasteiger charge is -2.42. The molecule has 21 heavy (non-hydrogen) atoms. The normalized spacial score (nSPS) is 27.9. The summed E-state index contributed by atoms with van der Waals surface area (Å²) in [6, 6.07) is 7.89. The van der Waals surface area contributed by atoms with Crippen molar-refractivity contribution in [3.05, 3.63) is 36.1 Å². The molecule has 1 unspecified atom stereocenters. The first-order chi connectivity index (χ1) is 10.2. The Balaban J connectivity index is 1.90. The summed E-state index contributed by atoms with van der Waals surface area (Å²) in [5.74, 6) is 0.790. The molecule has 0 spiro atoms. The summed E-state index contributed by atoms with van der Waals surface area (Å²) in [5, 5.41) is 12.0. The average Bonchev–Trinajstić information content (AvgIpc) is 2.98. The molecule has 1 saturated carbocycles. The van der Waals surface area contributed by atoms with Gasteiger partial charge in [0.1, 0.15) is 5.58 Å². The summed E-state index contributed by atoms with van der Waals surface area (Å²) in [4.78, 5) is 0. The lowest BCUT2D eigenvalue weighted by atomic mass is 9.65. The summed E-state index contributed by atoms with van der Waals surface area (Å²) >= 11 is 0. The Morgan fingerprint density at radius 1 is 1.33 bits per heavy atom. The van der Waals surface area contributed by atoms with Crippen molar-refractivity contribution in [2.24, 2.45) is 17.1 Å². The van der Waals surface area contributed by atoms with E-state index in [9.17, 15) is 5.11 Å². The fraction of sp³-hybridized carbons (Fsp3) is 0.556. The van der Waals surface area contributed by atoms with E-state index >= 15 is 0 Å². The Bertz CT molecular complexity index is 596. The van der Waals surface area contributed by atoms with Crippen molar-refractivity contribution in [2.45, 2.75) is 45.1 Å². The van der Waals surface area contributed by atoms with E-state index in [1.807, 2.05) is 24.3 Å². The van der Waals surface area contributed by atoms with Crippen LogP contribution >= 0.6 is 0 Å². The van der Waals surface area contributed by atoms with E-state index in [0.717, 1.165) is 35.3 Å². The molecule has 0 amide bonds. The maximum Gasteiger partial charge on any atom is 0.134 e. The van der Waals surface area contributed by atoms with Crippen molar-refractivity contribution in [1.29, 1.82) is 0 Å². The molecule has 2 aromatic rings. The summed E-state index contributed by atoms with van der Waals surface area (Å²) in [5.41, 5.74) is 7.62. The lowest BCUT2D eigenvalue weighted by molar-refractivity contribution is -0.00984. The molecular formula is C18H25NO2. The zero-order chi connectivity index (χ0) is 14.9. The number of aliphatic hydroxyl groups is 1. The SMILES string of the molecule is CCC1CCC(CN)(C(O)c2coc3ccccc23)CC1. The van der Waals surface area contributed by atoms with E-state index in [1.54, 1.807) is 6.26 Å². The van der Waals surface area contributed by atoms with Crippen molar-refractivity contribution < 1.29 is 9.52 Å². The third kappa shape index (κ3) is 2.49. The highest BCUT2D eigenvalue weighted by Crippen LogP contribution is 2.48. The molecule has 3 rings (SSSR count). The highest BCUT2D eigenvalue weighted by atomic mass is 16.3. The molecule has 1 aromatic heterocycles. The molecule has 1 atom stereocenters. The lowest BCUT2D eigenvalue weighted by Crippen LogP contribution is -2.40. The molecule has 114 valence electrons. The molecule has 1 aliphatic carbocycles. The van der Waals surface area contributed by atoms with Crippen LogP contribution in [0.25, 0.3) is 11.0 Å². The standard InChI is InChI=1S/C18H25NO2/c1-2-13-7-9-18(12-19,10-8-13)17(20)15-11-21-16-6-4-3-5-14(15)16/h3-6,11,13,17,20H,2,7-10,12,19H2,1H3. The first kappa shape index (κ1) is 14.6. The van der Waals surface area contributed by atoms with Crippen LogP contribution in [0.1, 0.15) is 50.7 Å². The molecule has 3 heteroatoms. The van der Waals surface area contributed by atoms with Gasteiger partial charge in [-0.2, -0.15) is 0 Å². The number of rotatable bonds is 4. The van der Waals surface area contributed by atoms with Gasteiger partial charge in [-0.05, 0) is 37.7 Å². The molecule has 3 nitrogen and oxygen atoms in total. The van der Waals surface area contributed by atoms with Crippen LogP contribution in [-0.4, -0.2) is 11.7 Å². The maximum absolute atomic E-state index is 11.0. The molecule has 1 aliphatic rings. The van der Waals surface area contributed by atoms with Gasteiger partial charge in [0.25, 0.3) is 0 Å². The van der Waals surface area contributed by atoms with Gasteiger partial charge in [-0.25, -0.2) is 0 Å². The van der Waals surface area contributed by atoms with Crippen LogP contribution in [0.4, 0.5) is 0 Å². The fourth-order valence-electron chi connectivity index (χ4n) is 3.79. The van der Waals surface area contributed by atoms with E-state index in [1.165, 1.54) is 19.3 Å². The predicted octanol–water partition coefficient (Wildman–Crippen LogP) is 4.01. The first-order valence-corrected chi connectivity index (χ1v) is 8.04. The van der Waals surface area contributed by atoms with Crippen LogP contribution in [0.3, 0.4) is 0 Å². The third-order valence-electron chi connectivity index (χ3n) is 5.47. The van der Waals surface area contributed by atoms with Gasteiger partial charge in [-0.1, -0.05) is 31.5 Å². The Morgan fingerprint density at radius 2 is 2.05 bits per heavy atom. The van der Waals surface area contributed by atoms with Crippen LogP contribution in [0.5, 0.6) is 0 Å². The largest absolute Gasteiger partial charge is 0.464 e. The number of hydrogen-bond donors (Lipinski definition) is 2. The molecule has 1 heterocycles. The van der Waals surface area contributed by atoms with E-state index < -0.39 is 6.10 Å². The van der Waals surface area contributed by atoms with E-state index in [-0.39, 0.29) is 5.41 Å². The van der Waals surface area contributed by atoms with Crippen molar-refractivity contribution in [1.82, 2.24) is 0 Å². The second-order valence-electron chi connectivity index (χ2n) is 6.51. The van der Waals surface area contributed by atoms with Crippen LogP contribution in [0.15, 0.2) is 34.9 Å². The van der Waals surface area contributed by atoms with Gasteiger partial charge < -0.3 is 15.3 Å². The highest BCUT2D eigenvalue weighted by molar-refractivity contribution is 5.81. The molecule has 1 fully saturated rings. The number of fused-ring (bicyclic) bond motifs is 1. The fourth-order valence-corrected chi connectivity index (χ4v) is 3.79. The van der Waals surface area contributed by atoms with Gasteiger partial charge in [0.15, 0.2) is 0 Å². The topological polar surface area (TPSA) is 59.4 Å². The minimum atomic E-state index is -0.538. The second-order valence-corrected chi connectivity index (χ2v) is 6.51. The number of para-hydroxylation sites is 1. The first-order valence-electron chi connectivity index (χ1n) is 8.04. The van der Waals surface area contributed by atoms with Crippen LogP contribution in [-0.2, 0) is 0 Å². The second kappa shape index (κ2) is 5.82. The minimum absolute atomic E-state index is 0.196. The quantitative estimate of drug-likeness (QED) is 0.893. The zero-order valence-electron chi connectivity index (χ0n) is 12.7. The Kier molecular flexibility index (Phi) is 4.05. The maximum atomic E-state index is 11.0. The summed E-state index contributed by atoms with van der Waals surface area (Å²) < 4.78 is 5.59. The van der Waals surface area contributed by atoms with Crippen molar-refractivity contribution >= 4 is 11.0 Å². The highest BCUT2D eigenvalue weighted by Gasteiger charge is 2.41. The van der Waals surface area contributed by atoms with Crippen LogP contribution in [0.2, 0.25) is 0 Å². The van der Waals surface area contributed by atoms with Gasteiger partial charge in [-0.15, -0.1) is 0 Å². The summed E-state index contributed by atoms with van der Waals surface area (Å²) in [6.07, 6.45) is 6.74. The van der Waals surface area contributed by atoms with E-state index in [2.05, 4.69) is 6.92 Å². The third-order valence-corrected chi connectivity index (χ3v) is 5.47. The number of hydrogen-bond acceptors (Lipinski definition) is 3. The number of nitrogens with two attached hydrogens (primary N) is 1. The number of aliphatic hydroxyl groups excluding tert-OH is 1. The molecule has 0 radical (unpaired) electrons. The Labute approximate surface area is 126 Å². The van der Waals surface area contributed by atoms with Crippen molar-refractivity contribution in [2.75, 3.05) is 6.54 Å². The van der Waals surface area contributed by atoms with Gasteiger partial charge in [0, 0.05) is 22.9 Å². The average molecular weight is 287 g/mol. The van der Waals surface area contributed by atoms with Crippen LogP contribution < -0.4 is 5.73 Å².